The average molecular weight is 206 g/mol. The average Bonchev–Trinajstić information content (AvgIpc) is 1.90. The van der Waals surface area contributed by atoms with E-state index in [1.807, 2.05) is 0 Å². The monoisotopic (exact) mass is 205 g/mol. The lowest BCUT2D eigenvalue weighted by molar-refractivity contribution is -0.903. The summed E-state index contributed by atoms with van der Waals surface area (Å²) < 4.78 is 1.23. The number of quaternary nitrogens is 1. The highest BCUT2D eigenvalue weighted by atomic mass is 79.9. The topological polar surface area (TPSA) is 0 Å². The molecule has 1 unspecified atom stereocenters. The third-order valence-corrected chi connectivity index (χ3v) is 2.31. The normalized spacial score (nSPS) is 31.4. The van der Waals surface area contributed by atoms with Gasteiger partial charge in [0.15, 0.2) is 0 Å². The SMILES string of the molecule is CC[N+]1(C)CC=CCC1.[Br-]. The second-order valence-electron chi connectivity index (χ2n) is 3.10. The number of likely N-dealkylation sites (N-methyl/N-ethyl adjacent to an activating group) is 1. The summed E-state index contributed by atoms with van der Waals surface area (Å²) in [5, 5.41) is 0. The van der Waals surface area contributed by atoms with Crippen molar-refractivity contribution >= 4 is 0 Å². The number of hydrogen-bond donors (Lipinski definition) is 0. The van der Waals surface area contributed by atoms with Crippen molar-refractivity contribution < 1.29 is 21.5 Å². The Labute approximate surface area is 74.1 Å². The Morgan fingerprint density at radius 1 is 1.40 bits per heavy atom. The molecule has 0 spiro atoms. The van der Waals surface area contributed by atoms with Gasteiger partial charge >= 0.3 is 0 Å². The van der Waals surface area contributed by atoms with Crippen LogP contribution in [0.3, 0.4) is 0 Å². The van der Waals surface area contributed by atoms with Gasteiger partial charge in [-0.3, -0.25) is 0 Å². The predicted molar refractivity (Wildman–Crippen MR) is 40.2 cm³/mol. The molecular weight excluding hydrogens is 190 g/mol. The summed E-state index contributed by atoms with van der Waals surface area (Å²) in [7, 11) is 2.32. The molecule has 0 amide bonds. The molecule has 0 aromatic rings. The van der Waals surface area contributed by atoms with E-state index in [4.69, 9.17) is 0 Å². The van der Waals surface area contributed by atoms with Crippen LogP contribution in [0.2, 0.25) is 0 Å². The molecule has 0 saturated heterocycles. The lowest BCUT2D eigenvalue weighted by atomic mass is 10.2. The van der Waals surface area contributed by atoms with Gasteiger partial charge in [0.1, 0.15) is 0 Å². The number of nitrogens with zero attached hydrogens (tertiary/aromatic N) is 1. The van der Waals surface area contributed by atoms with Gasteiger partial charge in [-0.1, -0.05) is 6.08 Å². The van der Waals surface area contributed by atoms with Crippen LogP contribution in [-0.4, -0.2) is 31.2 Å². The molecule has 1 atom stereocenters. The Hall–Kier alpha value is 0.180. The summed E-state index contributed by atoms with van der Waals surface area (Å²) in [5.41, 5.74) is 0. The molecule has 2 heteroatoms. The second-order valence-corrected chi connectivity index (χ2v) is 3.10. The highest BCUT2D eigenvalue weighted by Gasteiger charge is 2.17. The van der Waals surface area contributed by atoms with Crippen molar-refractivity contribution in [1.82, 2.24) is 0 Å². The highest BCUT2D eigenvalue weighted by molar-refractivity contribution is 4.84. The molecule has 1 heterocycles. The quantitative estimate of drug-likeness (QED) is 0.359. The largest absolute Gasteiger partial charge is 1.00 e. The summed E-state index contributed by atoms with van der Waals surface area (Å²) >= 11 is 0. The molecular formula is C8H16BrN. The smallest absolute Gasteiger partial charge is 0.0971 e. The Kier molecular flexibility index (Phi) is 4.22. The van der Waals surface area contributed by atoms with Gasteiger partial charge in [-0.05, 0) is 13.0 Å². The van der Waals surface area contributed by atoms with Gasteiger partial charge in [-0.2, -0.15) is 0 Å². The summed E-state index contributed by atoms with van der Waals surface area (Å²) in [6.45, 7) is 6.09. The van der Waals surface area contributed by atoms with Gasteiger partial charge in [0.2, 0.25) is 0 Å². The lowest BCUT2D eigenvalue weighted by Crippen LogP contribution is -3.00. The molecule has 10 heavy (non-hydrogen) atoms. The number of halogens is 1. The zero-order valence-electron chi connectivity index (χ0n) is 6.81. The van der Waals surface area contributed by atoms with E-state index in [0.717, 1.165) is 0 Å². The number of hydrogen-bond acceptors (Lipinski definition) is 0. The van der Waals surface area contributed by atoms with E-state index >= 15 is 0 Å². The van der Waals surface area contributed by atoms with Crippen LogP contribution in [0.15, 0.2) is 12.2 Å². The van der Waals surface area contributed by atoms with Crippen molar-refractivity contribution in [2.75, 3.05) is 26.7 Å². The minimum atomic E-state index is 0. The maximum Gasteiger partial charge on any atom is 0.0971 e. The Morgan fingerprint density at radius 3 is 2.40 bits per heavy atom. The van der Waals surface area contributed by atoms with Crippen LogP contribution >= 0.6 is 0 Å². The van der Waals surface area contributed by atoms with Gasteiger partial charge in [-0.25, -0.2) is 0 Å². The zero-order chi connectivity index (χ0) is 6.74. The Bertz CT molecular complexity index is 122. The standard InChI is InChI=1S/C8H16N.BrH/c1-3-9(2)7-5-4-6-8-9;/h4-5H,3,6-8H2,1-2H3;1H/q+1;/p-1. The fourth-order valence-electron chi connectivity index (χ4n) is 1.21. The third kappa shape index (κ3) is 2.43. The molecule has 1 aliphatic rings. The van der Waals surface area contributed by atoms with E-state index in [0.29, 0.717) is 0 Å². The summed E-state index contributed by atoms with van der Waals surface area (Å²) in [6, 6.07) is 0. The van der Waals surface area contributed by atoms with Gasteiger partial charge < -0.3 is 21.5 Å². The maximum absolute atomic E-state index is 2.32. The van der Waals surface area contributed by atoms with E-state index in [1.54, 1.807) is 0 Å². The highest BCUT2D eigenvalue weighted by Crippen LogP contribution is 2.08. The van der Waals surface area contributed by atoms with Crippen molar-refractivity contribution in [2.45, 2.75) is 13.3 Å². The van der Waals surface area contributed by atoms with E-state index < -0.39 is 0 Å². The van der Waals surface area contributed by atoms with Crippen molar-refractivity contribution in [2.24, 2.45) is 0 Å². The van der Waals surface area contributed by atoms with Crippen molar-refractivity contribution in [3.05, 3.63) is 12.2 Å². The van der Waals surface area contributed by atoms with Gasteiger partial charge in [0.25, 0.3) is 0 Å². The first-order valence-corrected chi connectivity index (χ1v) is 3.75. The fourth-order valence-corrected chi connectivity index (χ4v) is 1.21. The minimum absolute atomic E-state index is 0. The van der Waals surface area contributed by atoms with E-state index in [1.165, 1.54) is 30.5 Å². The van der Waals surface area contributed by atoms with Crippen molar-refractivity contribution in [3.63, 3.8) is 0 Å². The van der Waals surface area contributed by atoms with E-state index in [2.05, 4.69) is 26.1 Å². The minimum Gasteiger partial charge on any atom is -1.00 e. The lowest BCUT2D eigenvalue weighted by Gasteiger charge is -2.34. The molecule has 0 saturated carbocycles. The van der Waals surface area contributed by atoms with Crippen molar-refractivity contribution in [1.29, 1.82) is 0 Å². The molecule has 0 aliphatic carbocycles. The molecule has 0 bridgehead atoms. The predicted octanol–water partition coefficient (Wildman–Crippen LogP) is -1.58. The summed E-state index contributed by atoms with van der Waals surface area (Å²) in [5.74, 6) is 0. The van der Waals surface area contributed by atoms with E-state index in [-0.39, 0.29) is 17.0 Å². The van der Waals surface area contributed by atoms with E-state index in [9.17, 15) is 0 Å². The first kappa shape index (κ1) is 10.2. The van der Waals surface area contributed by atoms with Crippen LogP contribution in [0, 0.1) is 0 Å². The Balaban J connectivity index is 0.000000810. The molecule has 1 aliphatic heterocycles. The zero-order valence-corrected chi connectivity index (χ0v) is 8.39. The number of rotatable bonds is 1. The molecule has 1 rings (SSSR count). The van der Waals surface area contributed by atoms with Crippen LogP contribution in [0.25, 0.3) is 0 Å². The van der Waals surface area contributed by atoms with Crippen LogP contribution in [-0.2, 0) is 0 Å². The molecule has 1 nitrogen and oxygen atoms in total. The molecule has 60 valence electrons. The summed E-state index contributed by atoms with van der Waals surface area (Å²) in [4.78, 5) is 0. The summed E-state index contributed by atoms with van der Waals surface area (Å²) in [6.07, 6.45) is 5.85. The van der Waals surface area contributed by atoms with Crippen LogP contribution < -0.4 is 17.0 Å². The molecule has 0 fully saturated rings. The van der Waals surface area contributed by atoms with Crippen LogP contribution in [0.4, 0.5) is 0 Å². The van der Waals surface area contributed by atoms with Crippen molar-refractivity contribution in [3.8, 4) is 0 Å². The third-order valence-electron chi connectivity index (χ3n) is 2.31. The first-order valence-electron chi connectivity index (χ1n) is 3.75. The molecule has 0 aromatic carbocycles. The first-order chi connectivity index (χ1) is 4.27. The Morgan fingerprint density at radius 2 is 2.10 bits per heavy atom. The van der Waals surface area contributed by atoms with Gasteiger partial charge in [-0.15, -0.1) is 0 Å². The second kappa shape index (κ2) is 4.14. The van der Waals surface area contributed by atoms with Gasteiger partial charge in [0.05, 0.1) is 26.7 Å². The molecule has 0 aromatic heterocycles. The molecule has 0 N–H and O–H groups in total. The van der Waals surface area contributed by atoms with Crippen LogP contribution in [0.1, 0.15) is 13.3 Å². The van der Waals surface area contributed by atoms with Gasteiger partial charge in [0, 0.05) is 6.42 Å². The fraction of sp³-hybridized carbons (Fsp3) is 0.750. The molecule has 0 radical (unpaired) electrons. The van der Waals surface area contributed by atoms with Crippen LogP contribution in [0.5, 0.6) is 0 Å². The maximum atomic E-state index is 2.32.